The number of amides is 1. The Morgan fingerprint density at radius 3 is 2.67 bits per heavy atom. The van der Waals surface area contributed by atoms with Crippen LogP contribution in [0, 0.1) is 5.82 Å². The molecule has 21 heavy (non-hydrogen) atoms. The number of nitrogens with zero attached hydrogens (tertiary/aromatic N) is 3. The number of rotatable bonds is 7. The van der Waals surface area contributed by atoms with Crippen LogP contribution in [0.15, 0.2) is 28.8 Å². The quantitative estimate of drug-likeness (QED) is 0.838. The minimum absolute atomic E-state index is 0.190. The lowest BCUT2D eigenvalue weighted by atomic mass is 10.2. The summed E-state index contributed by atoms with van der Waals surface area (Å²) < 4.78 is 18.1. The molecule has 1 aromatic heterocycles. The third-order valence-corrected chi connectivity index (χ3v) is 2.96. The number of aryl methyl sites for hydroxylation is 1. The van der Waals surface area contributed by atoms with Gasteiger partial charge in [0.1, 0.15) is 5.82 Å². The van der Waals surface area contributed by atoms with Crippen molar-refractivity contribution in [3.8, 4) is 0 Å². The summed E-state index contributed by atoms with van der Waals surface area (Å²) in [7, 11) is 0. The molecule has 0 saturated carbocycles. The molecule has 1 amide bonds. The molecular weight excluding hydrogens is 275 g/mol. The molecule has 0 fully saturated rings. The van der Waals surface area contributed by atoms with E-state index in [9.17, 15) is 9.18 Å². The zero-order valence-electron chi connectivity index (χ0n) is 11.8. The molecule has 0 aliphatic rings. The van der Waals surface area contributed by atoms with Crippen LogP contribution < -0.4 is 10.6 Å². The molecule has 0 radical (unpaired) electrons. The number of anilines is 1. The van der Waals surface area contributed by atoms with Gasteiger partial charge in [0.05, 0.1) is 6.54 Å². The molecular formula is C14H17FN4O2. The van der Waals surface area contributed by atoms with Gasteiger partial charge in [-0.1, -0.05) is 12.1 Å². The Kier molecular flexibility index (Phi) is 4.86. The first-order valence-corrected chi connectivity index (χ1v) is 6.68. The van der Waals surface area contributed by atoms with E-state index < -0.39 is 5.91 Å². The Balaban J connectivity index is 2.14. The van der Waals surface area contributed by atoms with Gasteiger partial charge in [0.15, 0.2) is 5.82 Å². The van der Waals surface area contributed by atoms with E-state index in [1.165, 1.54) is 12.1 Å². The molecule has 7 heteroatoms. The summed E-state index contributed by atoms with van der Waals surface area (Å²) in [5.41, 5.74) is 5.95. The van der Waals surface area contributed by atoms with Crippen LogP contribution in [-0.4, -0.2) is 22.6 Å². The maximum absolute atomic E-state index is 13.0. The van der Waals surface area contributed by atoms with Gasteiger partial charge in [-0.25, -0.2) is 4.39 Å². The van der Waals surface area contributed by atoms with Crippen molar-refractivity contribution in [2.24, 2.45) is 5.73 Å². The minimum atomic E-state index is -0.399. The first-order chi connectivity index (χ1) is 10.1. The first kappa shape index (κ1) is 15.0. The van der Waals surface area contributed by atoms with E-state index in [1.54, 1.807) is 12.1 Å². The van der Waals surface area contributed by atoms with E-state index in [4.69, 9.17) is 10.3 Å². The number of primary amides is 1. The van der Waals surface area contributed by atoms with Crippen LogP contribution in [0.2, 0.25) is 0 Å². The van der Waals surface area contributed by atoms with Crippen LogP contribution in [0.1, 0.15) is 25.1 Å². The van der Waals surface area contributed by atoms with Crippen molar-refractivity contribution < 1.29 is 13.7 Å². The average molecular weight is 292 g/mol. The van der Waals surface area contributed by atoms with E-state index in [0.29, 0.717) is 31.2 Å². The highest BCUT2D eigenvalue weighted by molar-refractivity contribution is 5.74. The van der Waals surface area contributed by atoms with Crippen LogP contribution in [-0.2, 0) is 17.8 Å². The van der Waals surface area contributed by atoms with Gasteiger partial charge in [0.2, 0.25) is 11.8 Å². The number of nitrogens with two attached hydrogens (primary N) is 1. The number of benzene rings is 1. The summed E-state index contributed by atoms with van der Waals surface area (Å²) >= 11 is 0. The molecule has 1 heterocycles. The van der Waals surface area contributed by atoms with Crippen molar-refractivity contribution in [1.82, 2.24) is 10.1 Å². The summed E-state index contributed by atoms with van der Waals surface area (Å²) in [6.45, 7) is 2.68. The molecule has 0 bridgehead atoms. The van der Waals surface area contributed by atoms with Crippen molar-refractivity contribution in [1.29, 1.82) is 0 Å². The summed E-state index contributed by atoms with van der Waals surface area (Å²) in [5.74, 6) is 0.352. The molecule has 0 atom stereocenters. The Labute approximate surface area is 121 Å². The summed E-state index contributed by atoms with van der Waals surface area (Å²) in [6.07, 6.45) is 0.848. The largest absolute Gasteiger partial charge is 0.370 e. The van der Waals surface area contributed by atoms with Crippen molar-refractivity contribution >= 4 is 11.6 Å². The number of halogens is 1. The fourth-order valence-electron chi connectivity index (χ4n) is 1.87. The highest BCUT2D eigenvalue weighted by Gasteiger charge is 2.13. The van der Waals surface area contributed by atoms with Gasteiger partial charge in [-0.2, -0.15) is 4.98 Å². The zero-order valence-corrected chi connectivity index (χ0v) is 11.8. The van der Waals surface area contributed by atoms with E-state index >= 15 is 0 Å². The maximum Gasteiger partial charge on any atom is 0.226 e. The number of hydrogen-bond donors (Lipinski definition) is 1. The molecule has 0 aliphatic heterocycles. The second-order valence-electron chi connectivity index (χ2n) is 4.57. The Hall–Kier alpha value is -2.44. The number of carbonyl (C=O) groups excluding carboxylic acids is 1. The molecule has 6 nitrogen and oxygen atoms in total. The smallest absolute Gasteiger partial charge is 0.226 e. The fourth-order valence-corrected chi connectivity index (χ4v) is 1.87. The van der Waals surface area contributed by atoms with Gasteiger partial charge in [0.25, 0.3) is 0 Å². The van der Waals surface area contributed by atoms with E-state index in [0.717, 1.165) is 5.69 Å². The third-order valence-electron chi connectivity index (χ3n) is 2.96. The van der Waals surface area contributed by atoms with Gasteiger partial charge in [-0.05, 0) is 24.3 Å². The van der Waals surface area contributed by atoms with E-state index in [1.807, 2.05) is 11.8 Å². The lowest BCUT2D eigenvalue weighted by molar-refractivity contribution is -0.117. The topological polar surface area (TPSA) is 85.3 Å². The number of hydrogen-bond acceptors (Lipinski definition) is 5. The molecule has 0 aliphatic carbocycles. The fraction of sp³-hybridized carbons (Fsp3) is 0.357. The zero-order chi connectivity index (χ0) is 15.2. The Morgan fingerprint density at radius 2 is 2.10 bits per heavy atom. The van der Waals surface area contributed by atoms with Crippen molar-refractivity contribution in [3.63, 3.8) is 0 Å². The molecule has 2 aromatic rings. The lowest BCUT2D eigenvalue weighted by Crippen LogP contribution is -2.28. The van der Waals surface area contributed by atoms with Crippen LogP contribution in [0.25, 0.3) is 0 Å². The predicted octanol–water partition coefficient (Wildman–Crippen LogP) is 1.65. The van der Waals surface area contributed by atoms with Crippen LogP contribution in [0.3, 0.4) is 0 Å². The van der Waals surface area contributed by atoms with Crippen LogP contribution in [0.4, 0.5) is 10.1 Å². The standard InChI is InChI=1S/C14H17FN4O2/c1-2-14-17-13(18-21-14)9-19(8-7-12(16)20)11-5-3-10(15)4-6-11/h3-6H,2,7-9H2,1H3,(H2,16,20). The normalized spacial score (nSPS) is 10.6. The molecule has 2 rings (SSSR count). The van der Waals surface area contributed by atoms with Crippen molar-refractivity contribution in [2.75, 3.05) is 11.4 Å². The van der Waals surface area contributed by atoms with Crippen LogP contribution >= 0.6 is 0 Å². The number of aromatic nitrogens is 2. The highest BCUT2D eigenvalue weighted by atomic mass is 19.1. The van der Waals surface area contributed by atoms with E-state index in [-0.39, 0.29) is 12.2 Å². The SMILES string of the molecule is CCc1nc(CN(CCC(N)=O)c2ccc(F)cc2)no1. The van der Waals surface area contributed by atoms with Gasteiger partial charge in [-0.3, -0.25) is 4.79 Å². The average Bonchev–Trinajstić information content (AvgIpc) is 2.92. The predicted molar refractivity (Wildman–Crippen MR) is 74.9 cm³/mol. The van der Waals surface area contributed by atoms with Crippen LogP contribution in [0.5, 0.6) is 0 Å². The van der Waals surface area contributed by atoms with Crippen molar-refractivity contribution in [2.45, 2.75) is 26.3 Å². The summed E-state index contributed by atoms with van der Waals surface area (Å²) in [4.78, 5) is 17.1. The molecule has 2 N–H and O–H groups in total. The Morgan fingerprint density at radius 1 is 1.38 bits per heavy atom. The van der Waals surface area contributed by atoms with Gasteiger partial charge < -0.3 is 15.2 Å². The molecule has 112 valence electrons. The molecule has 0 saturated heterocycles. The van der Waals surface area contributed by atoms with Gasteiger partial charge in [0, 0.05) is 25.1 Å². The monoisotopic (exact) mass is 292 g/mol. The maximum atomic E-state index is 13.0. The summed E-state index contributed by atoms with van der Waals surface area (Å²) in [5, 5.41) is 3.88. The van der Waals surface area contributed by atoms with Gasteiger partial charge in [-0.15, -0.1) is 0 Å². The molecule has 0 spiro atoms. The first-order valence-electron chi connectivity index (χ1n) is 6.68. The lowest BCUT2D eigenvalue weighted by Gasteiger charge is -2.22. The molecule has 0 unspecified atom stereocenters. The molecule has 1 aromatic carbocycles. The second-order valence-corrected chi connectivity index (χ2v) is 4.57. The van der Waals surface area contributed by atoms with Crippen molar-refractivity contribution in [3.05, 3.63) is 41.8 Å². The summed E-state index contributed by atoms with van der Waals surface area (Å²) in [6, 6.07) is 5.99. The highest BCUT2D eigenvalue weighted by Crippen LogP contribution is 2.17. The second kappa shape index (κ2) is 6.83. The minimum Gasteiger partial charge on any atom is -0.370 e. The Bertz CT molecular complexity index is 597. The third kappa shape index (κ3) is 4.27. The number of carbonyl (C=O) groups is 1. The van der Waals surface area contributed by atoms with E-state index in [2.05, 4.69) is 10.1 Å². The van der Waals surface area contributed by atoms with Gasteiger partial charge >= 0.3 is 0 Å².